The van der Waals surface area contributed by atoms with Gasteiger partial charge in [0.15, 0.2) is 17.2 Å². The summed E-state index contributed by atoms with van der Waals surface area (Å²) in [7, 11) is 0. The highest BCUT2D eigenvalue weighted by atomic mass is 16.3. The molecule has 0 radical (unpaired) electrons. The highest BCUT2D eigenvalue weighted by Gasteiger charge is 2.20. The highest BCUT2D eigenvalue weighted by molar-refractivity contribution is 6.01. The second-order valence-corrected chi connectivity index (χ2v) is 16.8. The zero-order valence-electron chi connectivity index (χ0n) is 36.0. The SMILES string of the molecule is c1ccc2c(-c3cc(-c4cccc5ccccc45)nc(-c4cc(-c5nc(-c6cccc7ccccc67)cc(-c6cccc7ccccc67)n5)cc(-c5nc6ccccc6o5)c4)n3)cccc2c1. The molecule has 0 saturated carbocycles. The molecule has 6 nitrogen and oxygen atoms in total. The van der Waals surface area contributed by atoms with Crippen molar-refractivity contribution in [3.05, 3.63) is 224 Å². The van der Waals surface area contributed by atoms with E-state index in [1.165, 1.54) is 0 Å². The third-order valence-corrected chi connectivity index (χ3v) is 12.7. The summed E-state index contributed by atoms with van der Waals surface area (Å²) in [5, 5.41) is 8.99. The highest BCUT2D eigenvalue weighted by Crippen LogP contribution is 2.39. The van der Waals surface area contributed by atoms with E-state index in [1.807, 2.05) is 24.3 Å². The van der Waals surface area contributed by atoms with Gasteiger partial charge in [-0.1, -0.05) is 182 Å². The molecule has 0 saturated heterocycles. The molecule has 0 aliphatic heterocycles. The molecule has 3 aromatic heterocycles. The number of hydrogen-bond acceptors (Lipinski definition) is 6. The van der Waals surface area contributed by atoms with E-state index in [1.54, 1.807) is 0 Å². The van der Waals surface area contributed by atoms with Gasteiger partial charge in [-0.2, -0.15) is 0 Å². The molecule has 0 amide bonds. The van der Waals surface area contributed by atoms with E-state index in [0.29, 0.717) is 23.1 Å². The molecule has 10 aromatic carbocycles. The third kappa shape index (κ3) is 6.87. The average molecular weight is 856 g/mol. The standard InChI is InChI=1S/C61H37N5O/c1-5-23-45-38(15-1)19-11-27-49(45)54-36-55(50-28-12-20-39-16-2-6-24-46(39)50)63-59(62-54)42-33-43(35-44(34-42)61-66-53-31-9-10-32-58(53)67-61)60-64-56(51-29-13-21-40-17-3-7-25-47(40)51)37-57(65-60)52-30-14-22-41-18-4-8-26-48(41)52/h1-37H. The molecule has 13 aromatic rings. The molecular formula is C61H37N5O. The van der Waals surface area contributed by atoms with E-state index in [0.717, 1.165) is 110 Å². The molecule has 0 unspecified atom stereocenters. The van der Waals surface area contributed by atoms with Crippen molar-refractivity contribution in [2.45, 2.75) is 0 Å². The van der Waals surface area contributed by atoms with Crippen LogP contribution < -0.4 is 0 Å². The van der Waals surface area contributed by atoms with E-state index < -0.39 is 0 Å². The first kappa shape index (κ1) is 38.3. The Hall–Kier alpha value is -9.13. The van der Waals surface area contributed by atoms with Crippen molar-refractivity contribution in [3.63, 3.8) is 0 Å². The van der Waals surface area contributed by atoms with Crippen molar-refractivity contribution >= 4 is 54.2 Å². The van der Waals surface area contributed by atoms with Crippen LogP contribution in [0.2, 0.25) is 0 Å². The number of nitrogens with zero attached hydrogens (tertiary/aromatic N) is 5. The minimum atomic E-state index is 0.475. The van der Waals surface area contributed by atoms with Crippen molar-refractivity contribution in [2.24, 2.45) is 0 Å². The molecule has 0 bridgehead atoms. The van der Waals surface area contributed by atoms with Crippen LogP contribution in [0.25, 0.3) is 133 Å². The summed E-state index contributed by atoms with van der Waals surface area (Å²) in [6.45, 7) is 0. The molecule has 0 N–H and O–H groups in total. The molecule has 3 heterocycles. The van der Waals surface area contributed by atoms with Crippen LogP contribution in [0.15, 0.2) is 229 Å². The zero-order chi connectivity index (χ0) is 44.3. The molecular weight excluding hydrogens is 819 g/mol. The number of rotatable bonds is 7. The molecule has 0 spiro atoms. The van der Waals surface area contributed by atoms with Gasteiger partial charge in [-0.3, -0.25) is 0 Å². The lowest BCUT2D eigenvalue weighted by Crippen LogP contribution is -2.00. The predicted molar refractivity (Wildman–Crippen MR) is 273 cm³/mol. The minimum absolute atomic E-state index is 0.475. The van der Waals surface area contributed by atoms with Gasteiger partial charge in [-0.25, -0.2) is 24.9 Å². The fourth-order valence-electron chi connectivity index (χ4n) is 9.50. The summed E-state index contributed by atoms with van der Waals surface area (Å²) in [6.07, 6.45) is 0. The first-order valence-electron chi connectivity index (χ1n) is 22.4. The molecule has 13 rings (SSSR count). The lowest BCUT2D eigenvalue weighted by molar-refractivity contribution is 0.620. The Morgan fingerprint density at radius 2 is 0.597 bits per heavy atom. The molecule has 67 heavy (non-hydrogen) atoms. The first-order chi connectivity index (χ1) is 33.2. The van der Waals surface area contributed by atoms with Crippen LogP contribution in [-0.2, 0) is 0 Å². The number of benzene rings is 10. The van der Waals surface area contributed by atoms with Crippen molar-refractivity contribution in [1.29, 1.82) is 0 Å². The van der Waals surface area contributed by atoms with Crippen molar-refractivity contribution in [3.8, 4) is 79.3 Å². The third-order valence-electron chi connectivity index (χ3n) is 12.7. The average Bonchev–Trinajstić information content (AvgIpc) is 3.85. The van der Waals surface area contributed by atoms with Crippen LogP contribution in [0.3, 0.4) is 0 Å². The van der Waals surface area contributed by atoms with E-state index in [4.69, 9.17) is 29.3 Å². The van der Waals surface area contributed by atoms with Crippen molar-refractivity contribution in [2.75, 3.05) is 0 Å². The summed E-state index contributed by atoms with van der Waals surface area (Å²) in [6, 6.07) is 77.6. The van der Waals surface area contributed by atoms with E-state index in [-0.39, 0.29) is 0 Å². The monoisotopic (exact) mass is 855 g/mol. The Balaban J connectivity index is 1.09. The molecule has 0 atom stereocenters. The summed E-state index contributed by atoms with van der Waals surface area (Å²) >= 11 is 0. The van der Waals surface area contributed by atoms with Gasteiger partial charge in [0.1, 0.15) is 5.52 Å². The van der Waals surface area contributed by atoms with Crippen LogP contribution in [-0.4, -0.2) is 24.9 Å². The van der Waals surface area contributed by atoms with Gasteiger partial charge in [0.2, 0.25) is 5.89 Å². The topological polar surface area (TPSA) is 77.6 Å². The van der Waals surface area contributed by atoms with Gasteiger partial charge in [0.05, 0.1) is 22.8 Å². The largest absolute Gasteiger partial charge is 0.436 e. The van der Waals surface area contributed by atoms with Crippen LogP contribution in [0.5, 0.6) is 0 Å². The molecule has 0 fully saturated rings. The van der Waals surface area contributed by atoms with Gasteiger partial charge in [0, 0.05) is 38.9 Å². The van der Waals surface area contributed by atoms with Crippen LogP contribution in [0.4, 0.5) is 0 Å². The van der Waals surface area contributed by atoms with E-state index in [9.17, 15) is 0 Å². The molecule has 0 aliphatic rings. The van der Waals surface area contributed by atoms with Crippen molar-refractivity contribution in [1.82, 2.24) is 24.9 Å². The second-order valence-electron chi connectivity index (χ2n) is 16.8. The lowest BCUT2D eigenvalue weighted by Gasteiger charge is -2.15. The maximum atomic E-state index is 6.51. The maximum absolute atomic E-state index is 6.51. The second kappa shape index (κ2) is 15.8. The fraction of sp³-hybridized carbons (Fsp3) is 0. The van der Waals surface area contributed by atoms with Crippen LogP contribution in [0.1, 0.15) is 0 Å². The number of oxazole rings is 1. The van der Waals surface area contributed by atoms with E-state index in [2.05, 4.69) is 200 Å². The zero-order valence-corrected chi connectivity index (χ0v) is 36.0. The van der Waals surface area contributed by atoms with Gasteiger partial charge in [-0.15, -0.1) is 0 Å². The minimum Gasteiger partial charge on any atom is -0.436 e. The van der Waals surface area contributed by atoms with Gasteiger partial charge in [-0.05, 0) is 85.6 Å². The molecule has 0 aliphatic carbocycles. The summed E-state index contributed by atoms with van der Waals surface area (Å²) in [4.78, 5) is 26.8. The summed E-state index contributed by atoms with van der Waals surface area (Å²) < 4.78 is 6.51. The normalized spacial score (nSPS) is 11.6. The van der Waals surface area contributed by atoms with Crippen LogP contribution >= 0.6 is 0 Å². The van der Waals surface area contributed by atoms with E-state index >= 15 is 0 Å². The summed E-state index contributed by atoms with van der Waals surface area (Å²) in [5.74, 6) is 1.57. The quantitative estimate of drug-likeness (QED) is 0.159. The fourth-order valence-corrected chi connectivity index (χ4v) is 9.50. The Labute approximate surface area is 385 Å². The lowest BCUT2D eigenvalue weighted by atomic mass is 9.97. The number of hydrogen-bond donors (Lipinski definition) is 0. The molecule has 312 valence electrons. The first-order valence-corrected chi connectivity index (χ1v) is 22.4. The number of aromatic nitrogens is 5. The predicted octanol–water partition coefficient (Wildman–Crippen LogP) is 15.7. The van der Waals surface area contributed by atoms with Gasteiger partial charge < -0.3 is 4.42 Å². The maximum Gasteiger partial charge on any atom is 0.227 e. The number of para-hydroxylation sites is 2. The Morgan fingerprint density at radius 1 is 0.269 bits per heavy atom. The smallest absolute Gasteiger partial charge is 0.227 e. The van der Waals surface area contributed by atoms with Crippen molar-refractivity contribution < 1.29 is 4.42 Å². The van der Waals surface area contributed by atoms with Gasteiger partial charge >= 0.3 is 0 Å². The number of fused-ring (bicyclic) bond motifs is 5. The molecule has 6 heteroatoms. The Morgan fingerprint density at radius 3 is 0.985 bits per heavy atom. The Bertz CT molecular complexity index is 3610. The summed E-state index contributed by atoms with van der Waals surface area (Å²) in [5.41, 5.74) is 11.1. The Kier molecular flexibility index (Phi) is 9.06. The van der Waals surface area contributed by atoms with Crippen LogP contribution in [0, 0.1) is 0 Å². The van der Waals surface area contributed by atoms with Gasteiger partial charge in [0.25, 0.3) is 0 Å².